The van der Waals surface area contributed by atoms with Gasteiger partial charge in [-0.25, -0.2) is 0 Å². The van der Waals surface area contributed by atoms with Crippen LogP contribution in [0.4, 0.5) is 0 Å². The Morgan fingerprint density at radius 2 is 1.93 bits per heavy atom. The van der Waals surface area contributed by atoms with Gasteiger partial charge >= 0.3 is 0 Å². The Bertz CT molecular complexity index is 439. The molecule has 0 spiro atoms. The Morgan fingerprint density at radius 3 is 2.47 bits per heavy atom. The van der Waals surface area contributed by atoms with E-state index in [1.807, 2.05) is 18.2 Å². The summed E-state index contributed by atoms with van der Waals surface area (Å²) in [6.07, 6.45) is 1.72. The molecule has 4 nitrogen and oxygen atoms in total. The molecule has 0 saturated heterocycles. The van der Waals surface area contributed by atoms with Gasteiger partial charge in [-0.3, -0.25) is 4.98 Å². The van der Waals surface area contributed by atoms with E-state index in [-0.39, 0.29) is 5.41 Å². The van der Waals surface area contributed by atoms with Crippen LogP contribution in [0.5, 0.6) is 0 Å². The molecule has 0 aliphatic carbocycles. The van der Waals surface area contributed by atoms with E-state index >= 15 is 0 Å². The fraction of sp³-hybridized carbons (Fsp3) is 0.364. The number of hydrogen-bond donors (Lipinski definition) is 0. The predicted octanol–water partition coefficient (Wildman–Crippen LogP) is 1.79. The van der Waals surface area contributed by atoms with Crippen molar-refractivity contribution in [1.82, 2.24) is 20.2 Å². The summed E-state index contributed by atoms with van der Waals surface area (Å²) in [5.74, 6) is 1.35. The zero-order valence-electron chi connectivity index (χ0n) is 9.10. The third kappa shape index (κ3) is 2.03. The van der Waals surface area contributed by atoms with Gasteiger partial charge in [0.1, 0.15) is 0 Å². The molecule has 2 heterocycles. The lowest BCUT2D eigenvalue weighted by molar-refractivity contribution is 0.546. The van der Waals surface area contributed by atoms with E-state index in [0.29, 0.717) is 5.82 Å². The summed E-state index contributed by atoms with van der Waals surface area (Å²) in [6.45, 7) is 6.19. The maximum Gasteiger partial charge on any atom is 0.0756 e. The molecule has 0 N–H and O–H groups in total. The third-order valence-electron chi connectivity index (χ3n) is 2.02. The van der Waals surface area contributed by atoms with Crippen LogP contribution < -0.4 is 4.98 Å². The summed E-state index contributed by atoms with van der Waals surface area (Å²) in [5.41, 5.74) is 0.695. The number of pyridine rings is 1. The monoisotopic (exact) mass is 201 g/mol. The SMILES string of the molecule is CC(C)(C)c1nnc(-c2ccccn2)[n-]1. The molecule has 0 bridgehead atoms. The highest BCUT2D eigenvalue weighted by Gasteiger charge is 2.12. The number of aromatic nitrogens is 4. The van der Waals surface area contributed by atoms with Crippen molar-refractivity contribution in [3.8, 4) is 11.5 Å². The molecule has 15 heavy (non-hydrogen) atoms. The highest BCUT2D eigenvalue weighted by atomic mass is 15.2. The summed E-state index contributed by atoms with van der Waals surface area (Å²) in [6, 6.07) is 5.66. The fourth-order valence-electron chi connectivity index (χ4n) is 1.16. The quantitative estimate of drug-likeness (QED) is 0.705. The van der Waals surface area contributed by atoms with E-state index in [4.69, 9.17) is 0 Å². The smallest absolute Gasteiger partial charge is 0.0756 e. The molecule has 4 heteroatoms. The normalized spacial score (nSPS) is 11.7. The van der Waals surface area contributed by atoms with Crippen molar-refractivity contribution < 1.29 is 0 Å². The van der Waals surface area contributed by atoms with Crippen LogP contribution in [0.3, 0.4) is 0 Å². The maximum atomic E-state index is 4.37. The minimum atomic E-state index is -0.0694. The zero-order valence-corrected chi connectivity index (χ0v) is 9.10. The first-order chi connectivity index (χ1) is 7.07. The minimum absolute atomic E-state index is 0.0694. The van der Waals surface area contributed by atoms with Crippen molar-refractivity contribution in [1.29, 1.82) is 0 Å². The molecule has 0 amide bonds. The first-order valence-electron chi connectivity index (χ1n) is 4.86. The van der Waals surface area contributed by atoms with Crippen molar-refractivity contribution in [3.63, 3.8) is 0 Å². The van der Waals surface area contributed by atoms with Crippen LogP contribution in [0.2, 0.25) is 0 Å². The van der Waals surface area contributed by atoms with E-state index in [9.17, 15) is 0 Å². The highest BCUT2D eigenvalue weighted by molar-refractivity contribution is 5.47. The molecule has 0 aromatic carbocycles. The average molecular weight is 201 g/mol. The van der Waals surface area contributed by atoms with Crippen LogP contribution in [0.15, 0.2) is 24.4 Å². The Kier molecular flexibility index (Phi) is 2.26. The Balaban J connectivity index is 2.37. The van der Waals surface area contributed by atoms with Crippen LogP contribution in [0.25, 0.3) is 11.5 Å². The molecule has 0 saturated carbocycles. The van der Waals surface area contributed by atoms with E-state index in [1.165, 1.54) is 0 Å². The standard InChI is InChI=1S/C11H13N4/c1-11(2,3)10-13-9(14-15-10)8-6-4-5-7-12-8/h4-7H,1-3H3/q-1. The molecule has 0 atom stereocenters. The van der Waals surface area contributed by atoms with Crippen molar-refractivity contribution in [2.24, 2.45) is 0 Å². The minimum Gasteiger partial charge on any atom is -0.360 e. The molecular weight excluding hydrogens is 188 g/mol. The molecule has 2 rings (SSSR count). The topological polar surface area (TPSA) is 52.8 Å². The Labute approximate surface area is 88.8 Å². The average Bonchev–Trinajstić information content (AvgIpc) is 2.67. The summed E-state index contributed by atoms with van der Waals surface area (Å²) >= 11 is 0. The summed E-state index contributed by atoms with van der Waals surface area (Å²) in [5, 5.41) is 8.09. The van der Waals surface area contributed by atoms with Gasteiger partial charge < -0.3 is 15.2 Å². The second-order valence-corrected chi connectivity index (χ2v) is 4.42. The number of hydrogen-bond acceptors (Lipinski definition) is 3. The van der Waals surface area contributed by atoms with Gasteiger partial charge in [0.05, 0.1) is 5.69 Å². The van der Waals surface area contributed by atoms with Crippen LogP contribution in [-0.4, -0.2) is 15.2 Å². The van der Waals surface area contributed by atoms with Crippen LogP contribution >= 0.6 is 0 Å². The zero-order chi connectivity index (χ0) is 10.9. The molecular formula is C11H13N4-. The van der Waals surface area contributed by atoms with Crippen molar-refractivity contribution >= 4 is 0 Å². The van der Waals surface area contributed by atoms with Gasteiger partial charge in [0.25, 0.3) is 0 Å². The maximum absolute atomic E-state index is 4.37. The molecule has 78 valence electrons. The molecule has 2 aromatic heterocycles. The lowest BCUT2D eigenvalue weighted by Gasteiger charge is -2.18. The first-order valence-corrected chi connectivity index (χ1v) is 4.86. The largest absolute Gasteiger partial charge is 0.360 e. The van der Waals surface area contributed by atoms with Crippen LogP contribution in [0.1, 0.15) is 26.6 Å². The van der Waals surface area contributed by atoms with Gasteiger partial charge in [-0.1, -0.05) is 26.8 Å². The predicted molar refractivity (Wildman–Crippen MR) is 57.3 cm³/mol. The molecule has 0 aliphatic rings. The summed E-state index contributed by atoms with van der Waals surface area (Å²) in [4.78, 5) is 8.55. The number of rotatable bonds is 1. The van der Waals surface area contributed by atoms with Gasteiger partial charge in [-0.05, 0) is 23.4 Å². The van der Waals surface area contributed by atoms with Crippen LogP contribution in [-0.2, 0) is 5.41 Å². The van der Waals surface area contributed by atoms with E-state index in [0.717, 1.165) is 11.5 Å². The molecule has 0 fully saturated rings. The van der Waals surface area contributed by atoms with Gasteiger partial charge in [0.15, 0.2) is 0 Å². The van der Waals surface area contributed by atoms with Gasteiger partial charge in [0, 0.05) is 12.0 Å². The molecule has 0 aliphatic heterocycles. The summed E-state index contributed by atoms with van der Waals surface area (Å²) in [7, 11) is 0. The second-order valence-electron chi connectivity index (χ2n) is 4.42. The van der Waals surface area contributed by atoms with E-state index < -0.39 is 0 Å². The van der Waals surface area contributed by atoms with E-state index in [1.54, 1.807) is 6.20 Å². The Hall–Kier alpha value is -1.71. The van der Waals surface area contributed by atoms with Gasteiger partial charge in [-0.2, -0.15) is 0 Å². The van der Waals surface area contributed by atoms with Crippen LogP contribution in [0, 0.1) is 0 Å². The Morgan fingerprint density at radius 1 is 1.13 bits per heavy atom. The first kappa shape index (κ1) is 9.83. The van der Waals surface area contributed by atoms with Crippen molar-refractivity contribution in [2.75, 3.05) is 0 Å². The fourth-order valence-corrected chi connectivity index (χ4v) is 1.16. The lowest BCUT2D eigenvalue weighted by atomic mass is 9.96. The van der Waals surface area contributed by atoms with Gasteiger partial charge in [0.2, 0.25) is 0 Å². The third-order valence-corrected chi connectivity index (χ3v) is 2.02. The van der Waals surface area contributed by atoms with Gasteiger partial charge in [-0.15, -0.1) is 0 Å². The molecule has 0 unspecified atom stereocenters. The van der Waals surface area contributed by atoms with Crippen molar-refractivity contribution in [3.05, 3.63) is 30.2 Å². The molecule has 0 radical (unpaired) electrons. The van der Waals surface area contributed by atoms with E-state index in [2.05, 4.69) is 40.9 Å². The number of nitrogens with zero attached hydrogens (tertiary/aromatic N) is 4. The summed E-state index contributed by atoms with van der Waals surface area (Å²) < 4.78 is 0. The molecule has 2 aromatic rings. The second kappa shape index (κ2) is 3.46. The lowest BCUT2D eigenvalue weighted by Crippen LogP contribution is -2.14. The highest BCUT2D eigenvalue weighted by Crippen LogP contribution is 2.19. The van der Waals surface area contributed by atoms with Crippen molar-refractivity contribution in [2.45, 2.75) is 26.2 Å².